The monoisotopic (exact) mass is 497 g/mol. The van der Waals surface area contributed by atoms with Crippen molar-refractivity contribution in [2.45, 2.75) is 6.92 Å². The number of nitrogens with zero attached hydrogens (tertiary/aromatic N) is 2. The number of carbonyl (C=O) groups excluding carboxylic acids is 3. The molecule has 1 N–H and O–H groups in total. The first kappa shape index (κ1) is 25.0. The molecule has 35 heavy (non-hydrogen) atoms. The van der Waals surface area contributed by atoms with Gasteiger partial charge in [-0.2, -0.15) is 0 Å². The van der Waals surface area contributed by atoms with Crippen molar-refractivity contribution in [3.05, 3.63) is 108 Å². The van der Waals surface area contributed by atoms with Crippen LogP contribution < -0.4 is 5.32 Å². The van der Waals surface area contributed by atoms with E-state index in [1.54, 1.807) is 6.92 Å². The Bertz CT molecular complexity index is 1370. The van der Waals surface area contributed by atoms with Crippen LogP contribution in [0.15, 0.2) is 60.7 Å². The third-order valence-electron chi connectivity index (χ3n) is 4.83. The highest BCUT2D eigenvalue weighted by Gasteiger charge is 2.23. The zero-order valence-electron chi connectivity index (χ0n) is 18.0. The summed E-state index contributed by atoms with van der Waals surface area (Å²) in [6, 6.07) is 13.0. The van der Waals surface area contributed by atoms with E-state index in [0.29, 0.717) is 11.3 Å². The summed E-state index contributed by atoms with van der Waals surface area (Å²) in [4.78, 5) is 58.4. The van der Waals surface area contributed by atoms with Crippen molar-refractivity contribution in [1.29, 1.82) is 0 Å². The summed E-state index contributed by atoms with van der Waals surface area (Å²) in [5.74, 6) is -2.34. The molecule has 3 rings (SSSR count). The minimum atomic E-state index is -0.965. The smallest absolute Gasteiger partial charge is 0.339 e. The molecule has 3 aromatic carbocycles. The van der Waals surface area contributed by atoms with Gasteiger partial charge in [0, 0.05) is 35.0 Å². The van der Waals surface area contributed by atoms with Gasteiger partial charge in [0.1, 0.15) is 5.02 Å². The number of hydrogen-bond donors (Lipinski definition) is 1. The fraction of sp³-hybridized carbons (Fsp3) is 0.0870. The van der Waals surface area contributed by atoms with Gasteiger partial charge >= 0.3 is 5.97 Å². The summed E-state index contributed by atoms with van der Waals surface area (Å²) in [6.45, 7) is 0.877. The number of nitro benzene ring substituents is 2. The number of ether oxygens (including phenoxy) is 1. The zero-order valence-corrected chi connectivity index (χ0v) is 18.8. The molecule has 3 aromatic rings. The Kier molecular flexibility index (Phi) is 7.52. The molecule has 0 radical (unpaired) electrons. The first-order chi connectivity index (χ1) is 16.6. The average Bonchev–Trinajstić information content (AvgIpc) is 2.83. The number of hydrogen-bond acceptors (Lipinski definition) is 8. The van der Waals surface area contributed by atoms with Crippen LogP contribution in [0, 0.1) is 27.2 Å². The van der Waals surface area contributed by atoms with Crippen molar-refractivity contribution in [1.82, 2.24) is 0 Å². The molecule has 0 saturated carbocycles. The molecule has 0 aromatic heterocycles. The molecule has 178 valence electrons. The molecule has 1 amide bonds. The van der Waals surface area contributed by atoms with E-state index in [-0.39, 0.29) is 27.4 Å². The molecule has 0 aliphatic heterocycles. The van der Waals surface area contributed by atoms with E-state index in [4.69, 9.17) is 16.3 Å². The van der Waals surface area contributed by atoms with Crippen LogP contribution in [0.2, 0.25) is 5.02 Å². The number of aryl methyl sites for hydroxylation is 1. The summed E-state index contributed by atoms with van der Waals surface area (Å²) in [5.41, 5.74) is -0.152. The zero-order chi connectivity index (χ0) is 25.7. The van der Waals surface area contributed by atoms with E-state index in [9.17, 15) is 34.6 Å². The molecule has 0 aliphatic carbocycles. The molecule has 0 bridgehead atoms. The number of halogens is 1. The lowest BCUT2D eigenvalue weighted by Gasteiger charge is -2.11. The van der Waals surface area contributed by atoms with Crippen molar-refractivity contribution < 1.29 is 29.0 Å². The van der Waals surface area contributed by atoms with Crippen molar-refractivity contribution in [3.8, 4) is 0 Å². The van der Waals surface area contributed by atoms with Gasteiger partial charge in [-0.05, 0) is 36.8 Å². The Morgan fingerprint density at radius 3 is 2.26 bits per heavy atom. The number of benzene rings is 3. The Morgan fingerprint density at radius 1 is 0.943 bits per heavy atom. The first-order valence-corrected chi connectivity index (χ1v) is 10.3. The number of carbonyl (C=O) groups is 3. The second-order valence-electron chi connectivity index (χ2n) is 7.18. The van der Waals surface area contributed by atoms with E-state index in [1.807, 2.05) is 0 Å². The molecular weight excluding hydrogens is 482 g/mol. The van der Waals surface area contributed by atoms with Crippen LogP contribution in [0.25, 0.3) is 0 Å². The van der Waals surface area contributed by atoms with E-state index in [1.165, 1.54) is 54.6 Å². The highest BCUT2D eigenvalue weighted by Crippen LogP contribution is 2.27. The summed E-state index contributed by atoms with van der Waals surface area (Å²) in [6.07, 6.45) is 0. The standard InChI is InChI=1S/C23H16ClN3O8/c1-13-10-15(26(31)32)7-9-19(13)25-21(28)12-35-23(30)17-5-3-2-4-16(17)22(29)14-6-8-18(24)20(11-14)27(33)34/h2-11H,12H2,1H3,(H,25,28). The Labute approximate surface area is 202 Å². The predicted octanol–water partition coefficient (Wildman–Crippen LogP) is 4.49. The van der Waals surface area contributed by atoms with Gasteiger partial charge in [0.2, 0.25) is 0 Å². The lowest BCUT2D eigenvalue weighted by Crippen LogP contribution is -2.22. The van der Waals surface area contributed by atoms with Gasteiger partial charge in [0.15, 0.2) is 12.4 Å². The van der Waals surface area contributed by atoms with Crippen molar-refractivity contribution >= 4 is 46.3 Å². The van der Waals surface area contributed by atoms with Crippen molar-refractivity contribution in [2.75, 3.05) is 11.9 Å². The number of ketones is 1. The fourth-order valence-corrected chi connectivity index (χ4v) is 3.29. The number of nitro groups is 2. The first-order valence-electron chi connectivity index (χ1n) is 9.88. The Hall–Kier alpha value is -4.64. The second-order valence-corrected chi connectivity index (χ2v) is 7.59. The summed E-state index contributed by atoms with van der Waals surface area (Å²) >= 11 is 5.79. The van der Waals surface area contributed by atoms with Crippen LogP contribution >= 0.6 is 11.6 Å². The van der Waals surface area contributed by atoms with Gasteiger partial charge < -0.3 is 10.1 Å². The van der Waals surface area contributed by atoms with Gasteiger partial charge in [-0.15, -0.1) is 0 Å². The van der Waals surface area contributed by atoms with Crippen LogP contribution in [0.1, 0.15) is 31.8 Å². The summed E-state index contributed by atoms with van der Waals surface area (Å²) < 4.78 is 5.03. The number of rotatable bonds is 8. The maximum absolute atomic E-state index is 12.9. The fourth-order valence-electron chi connectivity index (χ4n) is 3.11. The predicted molar refractivity (Wildman–Crippen MR) is 125 cm³/mol. The van der Waals surface area contributed by atoms with Crippen LogP contribution in [0.4, 0.5) is 17.1 Å². The maximum atomic E-state index is 12.9. The SMILES string of the molecule is Cc1cc([N+](=O)[O-])ccc1NC(=O)COC(=O)c1ccccc1C(=O)c1ccc(Cl)c([N+](=O)[O-])c1. The van der Waals surface area contributed by atoms with Gasteiger partial charge in [-0.3, -0.25) is 29.8 Å². The van der Waals surface area contributed by atoms with Gasteiger partial charge in [0.25, 0.3) is 17.3 Å². The van der Waals surface area contributed by atoms with Crippen LogP contribution in [-0.4, -0.2) is 34.1 Å². The lowest BCUT2D eigenvalue weighted by molar-refractivity contribution is -0.385. The molecule has 11 nitrogen and oxygen atoms in total. The van der Waals surface area contributed by atoms with Crippen molar-refractivity contribution in [3.63, 3.8) is 0 Å². The maximum Gasteiger partial charge on any atom is 0.339 e. The topological polar surface area (TPSA) is 159 Å². The van der Waals surface area contributed by atoms with Crippen LogP contribution in [0.5, 0.6) is 0 Å². The Morgan fingerprint density at radius 2 is 1.63 bits per heavy atom. The largest absolute Gasteiger partial charge is 0.452 e. The molecule has 0 saturated heterocycles. The number of nitrogens with one attached hydrogen (secondary N) is 1. The molecule has 0 aliphatic rings. The summed E-state index contributed by atoms with van der Waals surface area (Å²) in [5, 5.41) is 24.3. The molecular formula is C23H16ClN3O8. The van der Waals surface area contributed by atoms with Crippen LogP contribution in [0.3, 0.4) is 0 Å². The number of anilines is 1. The van der Waals surface area contributed by atoms with E-state index < -0.39 is 39.8 Å². The van der Waals surface area contributed by atoms with Crippen LogP contribution in [-0.2, 0) is 9.53 Å². The second kappa shape index (κ2) is 10.5. The van der Waals surface area contributed by atoms with E-state index in [0.717, 1.165) is 6.07 Å². The quantitative estimate of drug-likeness (QED) is 0.206. The molecule has 0 heterocycles. The third kappa shape index (κ3) is 5.84. The molecule has 0 spiro atoms. The molecule has 0 fully saturated rings. The average molecular weight is 498 g/mol. The van der Waals surface area contributed by atoms with E-state index >= 15 is 0 Å². The van der Waals surface area contributed by atoms with E-state index in [2.05, 4.69) is 5.32 Å². The number of non-ortho nitro benzene ring substituents is 1. The Balaban J connectivity index is 1.73. The van der Waals surface area contributed by atoms with Gasteiger partial charge in [0.05, 0.1) is 15.4 Å². The van der Waals surface area contributed by atoms with Gasteiger partial charge in [-0.25, -0.2) is 4.79 Å². The molecule has 12 heteroatoms. The third-order valence-corrected chi connectivity index (χ3v) is 5.15. The van der Waals surface area contributed by atoms with Crippen molar-refractivity contribution in [2.24, 2.45) is 0 Å². The number of amides is 1. The molecule has 0 atom stereocenters. The summed E-state index contributed by atoms with van der Waals surface area (Å²) in [7, 11) is 0. The number of esters is 1. The minimum Gasteiger partial charge on any atom is -0.452 e. The highest BCUT2D eigenvalue weighted by molar-refractivity contribution is 6.33. The minimum absolute atomic E-state index is 0.0623. The van der Waals surface area contributed by atoms with Gasteiger partial charge in [-0.1, -0.05) is 29.8 Å². The molecule has 0 unspecified atom stereocenters. The normalized spacial score (nSPS) is 10.3. The highest BCUT2D eigenvalue weighted by atomic mass is 35.5. The lowest BCUT2D eigenvalue weighted by atomic mass is 9.98.